The molecule has 0 spiro atoms. The SMILES string of the molecule is CCN(CC)CCNC(=O)C1CCCNC1.Cl.Cl. The van der Waals surface area contributed by atoms with Crippen molar-refractivity contribution < 1.29 is 4.79 Å². The number of rotatable bonds is 6. The van der Waals surface area contributed by atoms with Gasteiger partial charge in [-0.25, -0.2) is 0 Å². The largest absolute Gasteiger partial charge is 0.355 e. The second kappa shape index (κ2) is 12.0. The van der Waals surface area contributed by atoms with E-state index in [0.29, 0.717) is 0 Å². The normalized spacial score (nSPS) is 18.7. The fraction of sp³-hybridized carbons (Fsp3) is 0.917. The summed E-state index contributed by atoms with van der Waals surface area (Å²) in [6, 6.07) is 0. The Morgan fingerprint density at radius 2 is 2.00 bits per heavy atom. The Morgan fingerprint density at radius 1 is 1.33 bits per heavy atom. The first-order valence-electron chi connectivity index (χ1n) is 6.48. The van der Waals surface area contributed by atoms with Crippen LogP contribution in [0.2, 0.25) is 0 Å². The zero-order valence-electron chi connectivity index (χ0n) is 11.4. The molecule has 1 aliphatic heterocycles. The third-order valence-electron chi connectivity index (χ3n) is 3.29. The van der Waals surface area contributed by atoms with Gasteiger partial charge in [-0.15, -0.1) is 24.8 Å². The monoisotopic (exact) mass is 299 g/mol. The summed E-state index contributed by atoms with van der Waals surface area (Å²) in [4.78, 5) is 14.1. The first kappa shape index (κ1) is 20.3. The Bertz CT molecular complexity index is 207. The van der Waals surface area contributed by atoms with E-state index in [9.17, 15) is 4.79 Å². The van der Waals surface area contributed by atoms with Crippen molar-refractivity contribution in [1.29, 1.82) is 0 Å². The Hall–Kier alpha value is -0.0300. The van der Waals surface area contributed by atoms with E-state index in [1.165, 1.54) is 0 Å². The van der Waals surface area contributed by atoms with Crippen LogP contribution in [-0.2, 0) is 4.79 Å². The average molecular weight is 300 g/mol. The molecule has 1 atom stereocenters. The number of hydrogen-bond donors (Lipinski definition) is 2. The van der Waals surface area contributed by atoms with Crippen LogP contribution >= 0.6 is 24.8 Å². The predicted octanol–water partition coefficient (Wildman–Crippen LogP) is 1.29. The van der Waals surface area contributed by atoms with E-state index >= 15 is 0 Å². The molecule has 0 aromatic heterocycles. The lowest BCUT2D eigenvalue weighted by Crippen LogP contribution is -2.43. The van der Waals surface area contributed by atoms with Gasteiger partial charge in [0.2, 0.25) is 5.91 Å². The Labute approximate surface area is 123 Å². The minimum absolute atomic E-state index is 0. The molecule has 1 unspecified atom stereocenters. The number of carbonyl (C=O) groups is 1. The molecule has 1 aliphatic rings. The van der Waals surface area contributed by atoms with E-state index in [2.05, 4.69) is 29.4 Å². The second-order valence-electron chi connectivity index (χ2n) is 4.36. The van der Waals surface area contributed by atoms with Crippen LogP contribution in [0, 0.1) is 5.92 Å². The molecule has 1 rings (SSSR count). The highest BCUT2D eigenvalue weighted by atomic mass is 35.5. The van der Waals surface area contributed by atoms with Crippen LogP contribution in [0.25, 0.3) is 0 Å². The summed E-state index contributed by atoms with van der Waals surface area (Å²) in [7, 11) is 0. The van der Waals surface area contributed by atoms with Gasteiger partial charge < -0.3 is 15.5 Å². The number of nitrogens with one attached hydrogen (secondary N) is 2. The zero-order valence-corrected chi connectivity index (χ0v) is 13.0. The highest BCUT2D eigenvalue weighted by Crippen LogP contribution is 2.09. The van der Waals surface area contributed by atoms with Gasteiger partial charge in [0.05, 0.1) is 5.92 Å². The second-order valence-corrected chi connectivity index (χ2v) is 4.36. The van der Waals surface area contributed by atoms with Crippen molar-refractivity contribution in [1.82, 2.24) is 15.5 Å². The summed E-state index contributed by atoms with van der Waals surface area (Å²) in [5.74, 6) is 0.407. The molecule has 1 heterocycles. The van der Waals surface area contributed by atoms with E-state index in [0.717, 1.165) is 52.1 Å². The molecule has 0 aromatic carbocycles. The zero-order chi connectivity index (χ0) is 11.8. The predicted molar refractivity (Wildman–Crippen MR) is 80.9 cm³/mol. The number of carbonyl (C=O) groups excluding carboxylic acids is 1. The van der Waals surface area contributed by atoms with Crippen molar-refractivity contribution in [3.05, 3.63) is 0 Å². The number of piperidine rings is 1. The van der Waals surface area contributed by atoms with E-state index in [1.807, 2.05) is 0 Å². The molecular formula is C12H27Cl2N3O. The maximum Gasteiger partial charge on any atom is 0.224 e. The smallest absolute Gasteiger partial charge is 0.224 e. The van der Waals surface area contributed by atoms with Crippen molar-refractivity contribution in [3.8, 4) is 0 Å². The summed E-state index contributed by atoms with van der Waals surface area (Å²) in [6.45, 7) is 10.0. The van der Waals surface area contributed by atoms with Crippen LogP contribution in [0.15, 0.2) is 0 Å². The maximum atomic E-state index is 11.8. The van der Waals surface area contributed by atoms with Crippen molar-refractivity contribution >= 4 is 30.7 Å². The van der Waals surface area contributed by atoms with Crippen LogP contribution in [0.4, 0.5) is 0 Å². The van der Waals surface area contributed by atoms with E-state index in [-0.39, 0.29) is 36.6 Å². The average Bonchev–Trinajstić information content (AvgIpc) is 2.35. The quantitative estimate of drug-likeness (QED) is 0.777. The van der Waals surface area contributed by atoms with Gasteiger partial charge in [0, 0.05) is 19.6 Å². The van der Waals surface area contributed by atoms with Crippen molar-refractivity contribution in [2.24, 2.45) is 5.92 Å². The summed E-state index contributed by atoms with van der Waals surface area (Å²) >= 11 is 0. The molecule has 2 N–H and O–H groups in total. The standard InChI is InChI=1S/C12H25N3O.2ClH/c1-3-15(4-2)9-8-14-12(16)11-6-5-7-13-10-11;;/h11,13H,3-10H2,1-2H3,(H,14,16);2*1H. The van der Waals surface area contributed by atoms with E-state index < -0.39 is 0 Å². The van der Waals surface area contributed by atoms with Crippen molar-refractivity contribution in [2.75, 3.05) is 39.3 Å². The van der Waals surface area contributed by atoms with Gasteiger partial charge in [-0.05, 0) is 32.5 Å². The number of likely N-dealkylation sites (N-methyl/N-ethyl adjacent to an activating group) is 1. The number of halogens is 2. The summed E-state index contributed by atoms with van der Waals surface area (Å²) < 4.78 is 0. The number of amides is 1. The molecule has 1 amide bonds. The minimum Gasteiger partial charge on any atom is -0.355 e. The molecule has 18 heavy (non-hydrogen) atoms. The van der Waals surface area contributed by atoms with Crippen LogP contribution in [0.1, 0.15) is 26.7 Å². The van der Waals surface area contributed by atoms with Gasteiger partial charge in [-0.1, -0.05) is 13.8 Å². The highest BCUT2D eigenvalue weighted by Gasteiger charge is 2.20. The van der Waals surface area contributed by atoms with E-state index in [1.54, 1.807) is 0 Å². The van der Waals surface area contributed by atoms with Crippen LogP contribution < -0.4 is 10.6 Å². The van der Waals surface area contributed by atoms with Crippen LogP contribution in [0.5, 0.6) is 0 Å². The highest BCUT2D eigenvalue weighted by molar-refractivity contribution is 5.85. The van der Waals surface area contributed by atoms with Crippen molar-refractivity contribution in [3.63, 3.8) is 0 Å². The van der Waals surface area contributed by atoms with Gasteiger partial charge in [0.1, 0.15) is 0 Å². The summed E-state index contributed by atoms with van der Waals surface area (Å²) in [6.07, 6.45) is 2.15. The molecule has 110 valence electrons. The number of nitrogens with zero attached hydrogens (tertiary/aromatic N) is 1. The number of hydrogen-bond acceptors (Lipinski definition) is 3. The fourth-order valence-electron chi connectivity index (χ4n) is 2.10. The topological polar surface area (TPSA) is 44.4 Å². The van der Waals surface area contributed by atoms with Gasteiger partial charge in [0.25, 0.3) is 0 Å². The Balaban J connectivity index is 0. The molecule has 6 heteroatoms. The molecule has 0 bridgehead atoms. The Kier molecular flexibility index (Phi) is 13.6. The van der Waals surface area contributed by atoms with Crippen LogP contribution in [-0.4, -0.2) is 50.1 Å². The summed E-state index contributed by atoms with van der Waals surface area (Å²) in [5.41, 5.74) is 0. The van der Waals surface area contributed by atoms with Gasteiger partial charge in [-0.3, -0.25) is 4.79 Å². The summed E-state index contributed by atoms with van der Waals surface area (Å²) in [5, 5.41) is 6.30. The Morgan fingerprint density at radius 3 is 2.50 bits per heavy atom. The lowest BCUT2D eigenvalue weighted by Gasteiger charge is -2.23. The lowest BCUT2D eigenvalue weighted by atomic mass is 9.99. The van der Waals surface area contributed by atoms with Gasteiger partial charge in [-0.2, -0.15) is 0 Å². The fourth-order valence-corrected chi connectivity index (χ4v) is 2.10. The van der Waals surface area contributed by atoms with Crippen molar-refractivity contribution in [2.45, 2.75) is 26.7 Å². The molecule has 4 nitrogen and oxygen atoms in total. The molecule has 0 aromatic rings. The molecular weight excluding hydrogens is 273 g/mol. The van der Waals surface area contributed by atoms with Gasteiger partial charge >= 0.3 is 0 Å². The molecule has 1 fully saturated rings. The third-order valence-corrected chi connectivity index (χ3v) is 3.29. The first-order chi connectivity index (χ1) is 7.77. The minimum atomic E-state index is 0. The molecule has 0 aliphatic carbocycles. The molecule has 0 saturated carbocycles. The van der Waals surface area contributed by atoms with Gasteiger partial charge in [0.15, 0.2) is 0 Å². The maximum absolute atomic E-state index is 11.8. The molecule has 0 radical (unpaired) electrons. The van der Waals surface area contributed by atoms with E-state index in [4.69, 9.17) is 0 Å². The third kappa shape index (κ3) is 7.41. The van der Waals surface area contributed by atoms with Crippen LogP contribution in [0.3, 0.4) is 0 Å². The lowest BCUT2D eigenvalue weighted by molar-refractivity contribution is -0.125. The molecule has 1 saturated heterocycles. The first-order valence-corrected chi connectivity index (χ1v) is 6.48.